The summed E-state index contributed by atoms with van der Waals surface area (Å²) < 4.78 is 10.3. The van der Waals surface area contributed by atoms with Crippen LogP contribution in [0.15, 0.2) is 51.9 Å². The summed E-state index contributed by atoms with van der Waals surface area (Å²) in [7, 11) is 1.56. The minimum absolute atomic E-state index is 0.427. The van der Waals surface area contributed by atoms with E-state index in [4.69, 9.17) is 9.15 Å². The van der Waals surface area contributed by atoms with Gasteiger partial charge >= 0.3 is 5.63 Å². The molecule has 3 rings (SSSR count). The van der Waals surface area contributed by atoms with Crippen LogP contribution in [-0.2, 0) is 0 Å². The highest BCUT2D eigenvalue weighted by Gasteiger charge is 2.13. The normalized spacial score (nSPS) is 10.6. The second-order valence-electron chi connectivity index (χ2n) is 5.00. The first-order valence-electron chi connectivity index (χ1n) is 6.80. The summed E-state index contributed by atoms with van der Waals surface area (Å²) in [5.41, 5.74) is 2.14. The number of rotatable bonds is 3. The van der Waals surface area contributed by atoms with Gasteiger partial charge in [0.15, 0.2) is 6.29 Å². The molecule has 0 saturated carbocycles. The minimum atomic E-state index is -0.427. The van der Waals surface area contributed by atoms with Crippen LogP contribution in [0.1, 0.15) is 15.9 Å². The first-order chi connectivity index (χ1) is 10.7. The summed E-state index contributed by atoms with van der Waals surface area (Å²) >= 11 is 0. The molecule has 1 aromatic heterocycles. The molecule has 2 aromatic carbocycles. The lowest BCUT2D eigenvalue weighted by atomic mass is 9.96. The van der Waals surface area contributed by atoms with Gasteiger partial charge in [0.1, 0.15) is 5.75 Å². The Hall–Kier alpha value is -2.88. The molecule has 3 aromatic rings. The van der Waals surface area contributed by atoms with E-state index in [1.54, 1.807) is 25.3 Å². The maximum Gasteiger partial charge on any atom is 0.343 e. The van der Waals surface area contributed by atoms with Gasteiger partial charge in [-0.15, -0.1) is 0 Å². The number of fused-ring (bicyclic) bond motifs is 1. The fourth-order valence-electron chi connectivity index (χ4n) is 2.59. The van der Waals surface area contributed by atoms with Gasteiger partial charge in [0.25, 0.3) is 0 Å². The van der Waals surface area contributed by atoms with Crippen molar-refractivity contribution in [3.8, 4) is 16.9 Å². The van der Waals surface area contributed by atoms with Crippen LogP contribution in [0.2, 0.25) is 0 Å². The molecule has 0 amide bonds. The van der Waals surface area contributed by atoms with Crippen molar-refractivity contribution in [2.24, 2.45) is 0 Å². The van der Waals surface area contributed by atoms with Gasteiger partial charge < -0.3 is 9.15 Å². The summed E-state index contributed by atoms with van der Waals surface area (Å²) in [5.74, 6) is 0.610. The van der Waals surface area contributed by atoms with Crippen LogP contribution in [0.5, 0.6) is 5.75 Å². The van der Waals surface area contributed by atoms with Crippen molar-refractivity contribution in [3.05, 3.63) is 64.2 Å². The lowest BCUT2D eigenvalue weighted by molar-refractivity contribution is 0.112. The van der Waals surface area contributed by atoms with E-state index in [-0.39, 0.29) is 0 Å². The van der Waals surface area contributed by atoms with Crippen LogP contribution < -0.4 is 10.4 Å². The Labute approximate surface area is 127 Å². The van der Waals surface area contributed by atoms with Gasteiger partial charge in [-0.25, -0.2) is 4.79 Å². The molecule has 0 radical (unpaired) electrons. The van der Waals surface area contributed by atoms with Crippen molar-refractivity contribution in [1.29, 1.82) is 0 Å². The average molecular weight is 294 g/mol. The lowest BCUT2D eigenvalue weighted by Gasteiger charge is -2.11. The van der Waals surface area contributed by atoms with E-state index in [0.717, 1.165) is 22.6 Å². The molecule has 1 heterocycles. The number of carbonyl (C=O) groups excluding carboxylic acids is 1. The number of hydrogen-bond acceptors (Lipinski definition) is 4. The quantitative estimate of drug-likeness (QED) is 0.693. The van der Waals surface area contributed by atoms with Crippen LogP contribution in [0.3, 0.4) is 0 Å². The molecule has 4 nitrogen and oxygen atoms in total. The van der Waals surface area contributed by atoms with E-state index in [0.29, 0.717) is 22.4 Å². The van der Waals surface area contributed by atoms with E-state index < -0.39 is 5.63 Å². The lowest BCUT2D eigenvalue weighted by Crippen LogP contribution is -2.02. The second-order valence-corrected chi connectivity index (χ2v) is 5.00. The summed E-state index contributed by atoms with van der Waals surface area (Å²) in [6, 6.07) is 10.7. The molecule has 0 aliphatic heterocycles. The minimum Gasteiger partial charge on any atom is -0.496 e. The van der Waals surface area contributed by atoms with Crippen molar-refractivity contribution < 1.29 is 13.9 Å². The van der Waals surface area contributed by atoms with Gasteiger partial charge in [-0.1, -0.05) is 12.1 Å². The number of benzene rings is 2. The van der Waals surface area contributed by atoms with Crippen LogP contribution in [0.4, 0.5) is 0 Å². The van der Waals surface area contributed by atoms with Crippen LogP contribution in [0.25, 0.3) is 21.9 Å². The number of ether oxygens (including phenoxy) is 1. The van der Waals surface area contributed by atoms with Crippen LogP contribution >= 0.6 is 0 Å². The molecule has 0 aliphatic rings. The van der Waals surface area contributed by atoms with Crippen molar-refractivity contribution in [2.45, 2.75) is 6.92 Å². The molecule has 0 saturated heterocycles. The van der Waals surface area contributed by atoms with E-state index in [1.165, 1.54) is 6.26 Å². The predicted molar refractivity (Wildman–Crippen MR) is 84.6 cm³/mol. The van der Waals surface area contributed by atoms with Gasteiger partial charge in [-0.3, -0.25) is 4.79 Å². The third-order valence-corrected chi connectivity index (χ3v) is 3.74. The zero-order chi connectivity index (χ0) is 15.7. The fraction of sp³-hybridized carbons (Fsp3) is 0.111. The highest BCUT2D eigenvalue weighted by Crippen LogP contribution is 2.34. The molecule has 0 atom stereocenters. The van der Waals surface area contributed by atoms with Crippen LogP contribution in [0, 0.1) is 6.92 Å². The summed E-state index contributed by atoms with van der Waals surface area (Å²) in [5, 5.41) is 1.59. The van der Waals surface area contributed by atoms with Crippen LogP contribution in [-0.4, -0.2) is 13.4 Å². The molecule has 0 fully saturated rings. The highest BCUT2D eigenvalue weighted by molar-refractivity contribution is 6.04. The number of methoxy groups -OCH3 is 1. The number of carbonyl (C=O) groups is 1. The third-order valence-electron chi connectivity index (χ3n) is 3.74. The molecule has 4 heteroatoms. The number of aryl methyl sites for hydroxylation is 1. The Morgan fingerprint density at radius 3 is 2.64 bits per heavy atom. The number of hydrogen-bond donors (Lipinski definition) is 0. The van der Waals surface area contributed by atoms with E-state index >= 15 is 0 Å². The monoisotopic (exact) mass is 294 g/mol. The molecular weight excluding hydrogens is 280 g/mol. The second kappa shape index (κ2) is 5.48. The van der Waals surface area contributed by atoms with Crippen molar-refractivity contribution >= 4 is 17.1 Å². The van der Waals surface area contributed by atoms with Gasteiger partial charge in [0.05, 0.1) is 18.9 Å². The van der Waals surface area contributed by atoms with Gasteiger partial charge in [-0.2, -0.15) is 0 Å². The highest BCUT2D eigenvalue weighted by atomic mass is 16.5. The van der Waals surface area contributed by atoms with E-state index in [2.05, 4.69) is 0 Å². The largest absolute Gasteiger partial charge is 0.496 e. The maximum absolute atomic E-state index is 11.9. The standard InChI is InChI=1S/C18H14O4/c1-11-5-6-14-15(16(11)10-19)8-12(9-17(14)21-2)13-4-3-7-22-18(13)20/h3-10H,1-2H3. The van der Waals surface area contributed by atoms with E-state index in [9.17, 15) is 9.59 Å². The van der Waals surface area contributed by atoms with Crippen molar-refractivity contribution in [1.82, 2.24) is 0 Å². The van der Waals surface area contributed by atoms with Crippen molar-refractivity contribution in [3.63, 3.8) is 0 Å². The Balaban J connectivity index is 2.41. The molecule has 22 heavy (non-hydrogen) atoms. The summed E-state index contributed by atoms with van der Waals surface area (Å²) in [6.07, 6.45) is 2.17. The van der Waals surface area contributed by atoms with Gasteiger partial charge in [-0.05, 0) is 47.7 Å². The first kappa shape index (κ1) is 14.1. The molecule has 0 spiro atoms. The number of aldehydes is 1. The molecule has 0 aliphatic carbocycles. The topological polar surface area (TPSA) is 56.5 Å². The first-order valence-corrected chi connectivity index (χ1v) is 6.80. The Bertz CT molecular complexity index is 922. The molecule has 110 valence electrons. The Morgan fingerprint density at radius 1 is 1.14 bits per heavy atom. The van der Waals surface area contributed by atoms with Gasteiger partial charge in [0, 0.05) is 10.9 Å². The molecular formula is C18H14O4. The maximum atomic E-state index is 11.9. The zero-order valence-corrected chi connectivity index (χ0v) is 12.3. The molecule has 0 N–H and O–H groups in total. The smallest absolute Gasteiger partial charge is 0.343 e. The average Bonchev–Trinajstić information content (AvgIpc) is 2.54. The third kappa shape index (κ3) is 2.19. The fourth-order valence-corrected chi connectivity index (χ4v) is 2.59. The Morgan fingerprint density at radius 2 is 1.95 bits per heavy atom. The molecule has 0 bridgehead atoms. The molecule has 0 unspecified atom stereocenters. The van der Waals surface area contributed by atoms with E-state index in [1.807, 2.05) is 25.1 Å². The van der Waals surface area contributed by atoms with Gasteiger partial charge in [0.2, 0.25) is 0 Å². The Kier molecular flexibility index (Phi) is 3.51. The van der Waals surface area contributed by atoms with Crippen molar-refractivity contribution in [2.75, 3.05) is 7.11 Å². The predicted octanol–water partition coefficient (Wildman–Crippen LogP) is 3.59. The summed E-state index contributed by atoms with van der Waals surface area (Å²) in [6.45, 7) is 1.87. The SMILES string of the molecule is COc1cc(-c2cccoc2=O)cc2c(C=O)c(C)ccc12. The zero-order valence-electron chi connectivity index (χ0n) is 12.3. The summed E-state index contributed by atoms with van der Waals surface area (Å²) in [4.78, 5) is 23.3.